The highest BCUT2D eigenvalue weighted by Gasteiger charge is 2.25. The fourth-order valence-electron chi connectivity index (χ4n) is 3.30. The Kier molecular flexibility index (Phi) is 6.29. The second-order valence-corrected chi connectivity index (χ2v) is 7.82. The molecule has 0 amide bonds. The van der Waals surface area contributed by atoms with Crippen molar-refractivity contribution >= 4 is 11.0 Å². The molecule has 5 nitrogen and oxygen atoms in total. The van der Waals surface area contributed by atoms with Gasteiger partial charge in [-0.15, -0.1) is 0 Å². The lowest BCUT2D eigenvalue weighted by Gasteiger charge is -2.34. The minimum Gasteiger partial charge on any atom is -0.496 e. The molecular weight excluding hydrogens is 348 g/mol. The number of methoxy groups -OCH3 is 2. The van der Waals surface area contributed by atoms with Gasteiger partial charge in [-0.2, -0.15) is 0 Å². The fourth-order valence-corrected chi connectivity index (χ4v) is 4.65. The van der Waals surface area contributed by atoms with Gasteiger partial charge in [-0.1, -0.05) is 30.3 Å². The van der Waals surface area contributed by atoms with Gasteiger partial charge >= 0.3 is 0 Å². The molecule has 2 aromatic carbocycles. The van der Waals surface area contributed by atoms with Gasteiger partial charge in [0.15, 0.2) is 0 Å². The number of nitrogens with zero attached hydrogens (tertiary/aromatic N) is 2. The summed E-state index contributed by atoms with van der Waals surface area (Å²) >= 11 is 0. The SMILES string of the molecule is COc1ccc([S@@](=O)N2CCN(Cc3ccccc3)CC2)c(OC)c1C. The van der Waals surface area contributed by atoms with E-state index in [2.05, 4.69) is 29.2 Å². The molecule has 0 unspecified atom stereocenters. The average Bonchev–Trinajstić information content (AvgIpc) is 2.68. The maximum absolute atomic E-state index is 13.1. The molecule has 1 fully saturated rings. The molecule has 3 rings (SSSR count). The van der Waals surface area contributed by atoms with Gasteiger partial charge in [0.05, 0.1) is 19.1 Å². The molecule has 0 N–H and O–H groups in total. The summed E-state index contributed by atoms with van der Waals surface area (Å²) < 4.78 is 26.0. The van der Waals surface area contributed by atoms with Crippen LogP contribution in [0, 0.1) is 6.92 Å². The van der Waals surface area contributed by atoms with Crippen LogP contribution < -0.4 is 9.47 Å². The van der Waals surface area contributed by atoms with Crippen LogP contribution in [0.3, 0.4) is 0 Å². The van der Waals surface area contributed by atoms with Crippen molar-refractivity contribution < 1.29 is 13.7 Å². The third kappa shape index (κ3) is 4.09. The molecule has 2 aromatic rings. The van der Waals surface area contributed by atoms with Crippen molar-refractivity contribution in [3.8, 4) is 11.5 Å². The van der Waals surface area contributed by atoms with E-state index in [1.807, 2.05) is 29.4 Å². The van der Waals surface area contributed by atoms with Crippen molar-refractivity contribution in [2.24, 2.45) is 0 Å². The van der Waals surface area contributed by atoms with Crippen LogP contribution in [0.25, 0.3) is 0 Å². The summed E-state index contributed by atoms with van der Waals surface area (Å²) in [6.07, 6.45) is 0. The zero-order valence-corrected chi connectivity index (χ0v) is 16.4. The van der Waals surface area contributed by atoms with E-state index in [9.17, 15) is 4.21 Å². The first-order chi connectivity index (χ1) is 12.6. The predicted octanol–water partition coefficient (Wildman–Crippen LogP) is 2.85. The molecule has 1 aliphatic rings. The molecule has 1 atom stereocenters. The lowest BCUT2D eigenvalue weighted by molar-refractivity contribution is 0.185. The zero-order valence-electron chi connectivity index (χ0n) is 15.6. The lowest BCUT2D eigenvalue weighted by atomic mass is 10.2. The summed E-state index contributed by atoms with van der Waals surface area (Å²) in [6, 6.07) is 14.2. The van der Waals surface area contributed by atoms with E-state index < -0.39 is 11.0 Å². The first kappa shape index (κ1) is 18.9. The third-order valence-electron chi connectivity index (χ3n) is 4.75. The summed E-state index contributed by atoms with van der Waals surface area (Å²) in [5.41, 5.74) is 2.19. The summed E-state index contributed by atoms with van der Waals surface area (Å²) in [4.78, 5) is 3.11. The smallest absolute Gasteiger partial charge is 0.142 e. The number of hydrogen-bond acceptors (Lipinski definition) is 4. The zero-order chi connectivity index (χ0) is 18.5. The third-order valence-corrected chi connectivity index (χ3v) is 6.28. The number of ether oxygens (including phenoxy) is 2. The molecule has 0 saturated carbocycles. The molecule has 0 spiro atoms. The molecular formula is C20H26N2O3S. The summed E-state index contributed by atoms with van der Waals surface area (Å²) in [5, 5.41) is 0. The Hall–Kier alpha value is -1.89. The maximum atomic E-state index is 13.1. The van der Waals surface area contributed by atoms with Gasteiger partial charge in [-0.05, 0) is 24.6 Å². The maximum Gasteiger partial charge on any atom is 0.142 e. The van der Waals surface area contributed by atoms with Crippen LogP contribution in [0.1, 0.15) is 11.1 Å². The minimum absolute atomic E-state index is 0.648. The van der Waals surface area contributed by atoms with Gasteiger partial charge in [-0.25, -0.2) is 8.51 Å². The second-order valence-electron chi connectivity index (χ2n) is 6.36. The standard InChI is InChI=1S/C20H26N2O3S/c1-16-18(24-2)9-10-19(20(16)25-3)26(23)22-13-11-21(12-14-22)15-17-7-5-4-6-8-17/h4-10H,11-15H2,1-3H3/t26-/m1/s1. The van der Waals surface area contributed by atoms with Crippen LogP contribution in [-0.4, -0.2) is 53.8 Å². The average molecular weight is 375 g/mol. The van der Waals surface area contributed by atoms with Crippen LogP contribution in [0.15, 0.2) is 47.4 Å². The van der Waals surface area contributed by atoms with Crippen LogP contribution in [-0.2, 0) is 17.5 Å². The van der Waals surface area contributed by atoms with E-state index in [4.69, 9.17) is 9.47 Å². The number of piperazine rings is 1. The molecule has 140 valence electrons. The van der Waals surface area contributed by atoms with E-state index >= 15 is 0 Å². The first-order valence-electron chi connectivity index (χ1n) is 8.78. The van der Waals surface area contributed by atoms with Gasteiger partial charge < -0.3 is 9.47 Å². The van der Waals surface area contributed by atoms with Gasteiger partial charge in [0.25, 0.3) is 0 Å². The van der Waals surface area contributed by atoms with Crippen molar-refractivity contribution in [3.63, 3.8) is 0 Å². The molecule has 1 heterocycles. The van der Waals surface area contributed by atoms with Crippen molar-refractivity contribution in [2.75, 3.05) is 40.4 Å². The molecule has 0 radical (unpaired) electrons. The van der Waals surface area contributed by atoms with Gasteiger partial charge in [-0.3, -0.25) is 4.90 Å². The summed E-state index contributed by atoms with van der Waals surface area (Å²) in [7, 11) is 2.00. The van der Waals surface area contributed by atoms with Crippen molar-refractivity contribution in [1.82, 2.24) is 9.21 Å². The van der Waals surface area contributed by atoms with E-state index in [-0.39, 0.29) is 0 Å². The van der Waals surface area contributed by atoms with Gasteiger partial charge in [0, 0.05) is 38.3 Å². The van der Waals surface area contributed by atoms with E-state index in [1.165, 1.54) is 5.56 Å². The Morgan fingerprint density at radius 1 is 0.962 bits per heavy atom. The van der Waals surface area contributed by atoms with Crippen molar-refractivity contribution in [2.45, 2.75) is 18.4 Å². The highest BCUT2D eigenvalue weighted by atomic mass is 32.2. The van der Waals surface area contributed by atoms with Crippen molar-refractivity contribution in [3.05, 3.63) is 53.6 Å². The molecule has 0 aliphatic carbocycles. The molecule has 6 heteroatoms. The van der Waals surface area contributed by atoms with Gasteiger partial charge in [0.1, 0.15) is 22.5 Å². The predicted molar refractivity (Wildman–Crippen MR) is 104 cm³/mol. The van der Waals surface area contributed by atoms with E-state index in [0.29, 0.717) is 10.6 Å². The highest BCUT2D eigenvalue weighted by Crippen LogP contribution is 2.34. The van der Waals surface area contributed by atoms with Crippen LogP contribution in [0.4, 0.5) is 0 Å². The fraction of sp³-hybridized carbons (Fsp3) is 0.400. The van der Waals surface area contributed by atoms with Crippen LogP contribution >= 0.6 is 0 Å². The highest BCUT2D eigenvalue weighted by molar-refractivity contribution is 7.82. The quantitative estimate of drug-likeness (QED) is 0.780. The Morgan fingerprint density at radius 2 is 1.65 bits per heavy atom. The number of hydrogen-bond donors (Lipinski definition) is 0. The molecule has 0 bridgehead atoms. The normalized spacial score (nSPS) is 17.0. The Bertz CT molecular complexity index is 759. The molecule has 0 aromatic heterocycles. The second kappa shape index (κ2) is 8.66. The Labute approximate surface area is 158 Å². The number of benzene rings is 2. The first-order valence-corrected chi connectivity index (χ1v) is 9.89. The Balaban J connectivity index is 1.66. The Morgan fingerprint density at radius 3 is 2.27 bits per heavy atom. The lowest BCUT2D eigenvalue weighted by Crippen LogP contribution is -2.46. The molecule has 26 heavy (non-hydrogen) atoms. The molecule has 1 saturated heterocycles. The van der Waals surface area contributed by atoms with E-state index in [0.717, 1.165) is 44.0 Å². The van der Waals surface area contributed by atoms with Crippen LogP contribution in [0.2, 0.25) is 0 Å². The molecule has 1 aliphatic heterocycles. The largest absolute Gasteiger partial charge is 0.496 e. The van der Waals surface area contributed by atoms with Crippen LogP contribution in [0.5, 0.6) is 11.5 Å². The topological polar surface area (TPSA) is 42.0 Å². The van der Waals surface area contributed by atoms with Crippen molar-refractivity contribution in [1.29, 1.82) is 0 Å². The minimum atomic E-state index is -1.24. The van der Waals surface area contributed by atoms with E-state index in [1.54, 1.807) is 14.2 Å². The monoisotopic (exact) mass is 374 g/mol. The number of rotatable bonds is 6. The summed E-state index contributed by atoms with van der Waals surface area (Å²) in [5.74, 6) is 1.39. The summed E-state index contributed by atoms with van der Waals surface area (Å²) in [6.45, 7) is 6.21. The van der Waals surface area contributed by atoms with Gasteiger partial charge in [0.2, 0.25) is 0 Å².